The molecule has 0 radical (unpaired) electrons. The van der Waals surface area contributed by atoms with Gasteiger partial charge in [0.15, 0.2) is 0 Å². The minimum Gasteiger partial charge on any atom is -0.489 e. The zero-order chi connectivity index (χ0) is 15.9. The van der Waals surface area contributed by atoms with Gasteiger partial charge in [0.2, 0.25) is 5.78 Å². The van der Waals surface area contributed by atoms with Crippen molar-refractivity contribution in [3.63, 3.8) is 0 Å². The van der Waals surface area contributed by atoms with Crippen LogP contribution in [-0.2, 0) is 11.4 Å². The normalized spacial score (nSPS) is 11.3. The van der Waals surface area contributed by atoms with Gasteiger partial charge >= 0.3 is 0 Å². The smallest absolute Gasteiger partial charge is 0.206 e. The van der Waals surface area contributed by atoms with Crippen LogP contribution in [0.15, 0.2) is 53.5 Å². The Bertz CT molecular complexity index is 692. The number of benzene rings is 2. The molecule has 0 aromatic heterocycles. The lowest BCUT2D eigenvalue weighted by atomic mass is 10.0. The number of aliphatic hydroxyl groups excluding tert-OH is 1. The van der Waals surface area contributed by atoms with Gasteiger partial charge in [-0.15, -0.1) is 0 Å². The number of aliphatic imine (C=N–C) groups is 1. The van der Waals surface area contributed by atoms with E-state index in [4.69, 9.17) is 9.84 Å². The van der Waals surface area contributed by atoms with Gasteiger partial charge in [0.05, 0.1) is 0 Å². The van der Waals surface area contributed by atoms with Crippen LogP contribution in [0.25, 0.3) is 0 Å². The van der Waals surface area contributed by atoms with Gasteiger partial charge in [0.25, 0.3) is 0 Å². The van der Waals surface area contributed by atoms with Crippen molar-refractivity contribution in [3.05, 3.63) is 65.2 Å². The van der Waals surface area contributed by atoms with Crippen LogP contribution in [0.4, 0.5) is 0 Å². The lowest BCUT2D eigenvalue weighted by Crippen LogP contribution is -2.21. The van der Waals surface area contributed by atoms with E-state index in [1.165, 1.54) is 0 Å². The first-order valence-electron chi connectivity index (χ1n) is 7.05. The number of hydrogen-bond donors (Lipinski definition) is 1. The van der Waals surface area contributed by atoms with Crippen LogP contribution >= 0.6 is 0 Å². The number of aliphatic hydroxyl groups is 1. The molecule has 0 aliphatic carbocycles. The van der Waals surface area contributed by atoms with E-state index in [9.17, 15) is 4.79 Å². The zero-order valence-corrected chi connectivity index (χ0v) is 12.7. The second-order valence-corrected chi connectivity index (χ2v) is 4.86. The SMILES string of the molecule is CN=C(C(=O)CO)c1ccccc1COc1ccccc1C. The van der Waals surface area contributed by atoms with Crippen LogP contribution in [0, 0.1) is 6.92 Å². The van der Waals surface area contributed by atoms with E-state index in [-0.39, 0.29) is 5.71 Å². The molecule has 2 aromatic rings. The van der Waals surface area contributed by atoms with Crippen molar-refractivity contribution in [1.82, 2.24) is 0 Å². The second-order valence-electron chi connectivity index (χ2n) is 4.86. The fourth-order valence-corrected chi connectivity index (χ4v) is 2.22. The summed E-state index contributed by atoms with van der Waals surface area (Å²) in [6.07, 6.45) is 0. The third kappa shape index (κ3) is 3.59. The topological polar surface area (TPSA) is 58.9 Å². The molecule has 0 amide bonds. The molecule has 4 nitrogen and oxygen atoms in total. The second kappa shape index (κ2) is 7.52. The molecular formula is C18H19NO3. The van der Waals surface area contributed by atoms with Crippen molar-refractivity contribution < 1.29 is 14.6 Å². The number of hydrogen-bond acceptors (Lipinski definition) is 4. The maximum absolute atomic E-state index is 11.8. The van der Waals surface area contributed by atoms with E-state index in [2.05, 4.69) is 4.99 Å². The summed E-state index contributed by atoms with van der Waals surface area (Å²) >= 11 is 0. The Hall–Kier alpha value is -2.46. The first-order chi connectivity index (χ1) is 10.7. The number of aryl methyl sites for hydroxylation is 1. The number of carbonyl (C=O) groups excluding carboxylic acids is 1. The van der Waals surface area contributed by atoms with Crippen molar-refractivity contribution in [2.75, 3.05) is 13.7 Å². The highest BCUT2D eigenvalue weighted by Crippen LogP contribution is 2.19. The molecule has 0 saturated carbocycles. The molecule has 0 atom stereocenters. The molecule has 0 aliphatic heterocycles. The Balaban J connectivity index is 2.26. The van der Waals surface area contributed by atoms with Crippen LogP contribution < -0.4 is 4.74 Å². The Labute approximate surface area is 130 Å². The van der Waals surface area contributed by atoms with Crippen LogP contribution in [-0.4, -0.2) is 30.3 Å². The summed E-state index contributed by atoms with van der Waals surface area (Å²) in [4.78, 5) is 15.8. The van der Waals surface area contributed by atoms with E-state index in [1.54, 1.807) is 7.05 Å². The highest BCUT2D eigenvalue weighted by Gasteiger charge is 2.15. The average molecular weight is 297 g/mol. The highest BCUT2D eigenvalue weighted by molar-refractivity contribution is 6.46. The molecule has 1 N–H and O–H groups in total. The number of Topliss-reactive ketones (excluding diaryl/α,β-unsaturated/α-hetero) is 1. The molecule has 114 valence electrons. The average Bonchev–Trinajstić information content (AvgIpc) is 2.55. The zero-order valence-electron chi connectivity index (χ0n) is 12.7. The van der Waals surface area contributed by atoms with E-state index in [0.717, 1.165) is 16.9 Å². The number of rotatable bonds is 6. The summed E-state index contributed by atoms with van der Waals surface area (Å²) in [6, 6.07) is 15.2. The lowest BCUT2D eigenvalue weighted by molar-refractivity contribution is -0.115. The van der Waals surface area contributed by atoms with Crippen molar-refractivity contribution in [3.8, 4) is 5.75 Å². The van der Waals surface area contributed by atoms with Crippen molar-refractivity contribution in [2.45, 2.75) is 13.5 Å². The molecule has 2 aromatic carbocycles. The number of para-hydroxylation sites is 1. The van der Waals surface area contributed by atoms with Gasteiger partial charge in [-0.05, 0) is 24.1 Å². The maximum atomic E-state index is 11.8. The van der Waals surface area contributed by atoms with E-state index in [0.29, 0.717) is 12.2 Å². The van der Waals surface area contributed by atoms with Gasteiger partial charge in [-0.1, -0.05) is 42.5 Å². The lowest BCUT2D eigenvalue weighted by Gasteiger charge is -2.13. The summed E-state index contributed by atoms with van der Waals surface area (Å²) in [6.45, 7) is 1.76. The van der Waals surface area contributed by atoms with Crippen LogP contribution in [0.3, 0.4) is 0 Å². The van der Waals surface area contributed by atoms with E-state index < -0.39 is 12.4 Å². The van der Waals surface area contributed by atoms with Crippen molar-refractivity contribution >= 4 is 11.5 Å². The van der Waals surface area contributed by atoms with E-state index in [1.807, 2.05) is 55.5 Å². The fourth-order valence-electron chi connectivity index (χ4n) is 2.22. The van der Waals surface area contributed by atoms with Crippen molar-refractivity contribution in [1.29, 1.82) is 0 Å². The minimum absolute atomic E-state index is 0.270. The quantitative estimate of drug-likeness (QED) is 0.834. The van der Waals surface area contributed by atoms with Gasteiger partial charge in [-0.3, -0.25) is 9.79 Å². The van der Waals surface area contributed by atoms with Crippen molar-refractivity contribution in [2.24, 2.45) is 4.99 Å². The molecule has 0 bridgehead atoms. The minimum atomic E-state index is -0.556. The van der Waals surface area contributed by atoms with Crippen LogP contribution in [0.5, 0.6) is 5.75 Å². The first-order valence-corrected chi connectivity index (χ1v) is 7.05. The van der Waals surface area contributed by atoms with Gasteiger partial charge in [-0.2, -0.15) is 0 Å². The fraction of sp³-hybridized carbons (Fsp3) is 0.222. The Morgan fingerprint density at radius 3 is 2.50 bits per heavy atom. The Kier molecular flexibility index (Phi) is 5.44. The Morgan fingerprint density at radius 1 is 1.14 bits per heavy atom. The summed E-state index contributed by atoms with van der Waals surface area (Å²) in [5.41, 5.74) is 2.87. The standard InChI is InChI=1S/C18H19NO3/c1-13-7-3-6-10-17(13)22-12-14-8-4-5-9-15(14)18(19-2)16(21)11-20/h3-10,20H,11-12H2,1-2H3. The number of ketones is 1. The maximum Gasteiger partial charge on any atom is 0.206 e. The largest absolute Gasteiger partial charge is 0.489 e. The van der Waals surface area contributed by atoms with Crippen LogP contribution in [0.2, 0.25) is 0 Å². The Morgan fingerprint density at radius 2 is 1.82 bits per heavy atom. The molecule has 0 saturated heterocycles. The summed E-state index contributed by atoms with van der Waals surface area (Å²) in [5, 5.41) is 9.07. The molecule has 4 heteroatoms. The molecule has 0 fully saturated rings. The highest BCUT2D eigenvalue weighted by atomic mass is 16.5. The molecule has 0 heterocycles. The number of ether oxygens (including phenoxy) is 1. The van der Waals surface area contributed by atoms with Gasteiger partial charge in [-0.25, -0.2) is 0 Å². The monoisotopic (exact) mass is 297 g/mol. The van der Waals surface area contributed by atoms with Gasteiger partial charge in [0, 0.05) is 12.6 Å². The molecule has 22 heavy (non-hydrogen) atoms. The molecule has 0 aliphatic rings. The predicted octanol–water partition coefficient (Wildman–Crippen LogP) is 2.55. The predicted molar refractivity (Wildman–Crippen MR) is 86.5 cm³/mol. The summed E-state index contributed by atoms with van der Waals surface area (Å²) < 4.78 is 5.84. The van der Waals surface area contributed by atoms with Crippen LogP contribution in [0.1, 0.15) is 16.7 Å². The molecule has 0 unspecified atom stereocenters. The molecule has 0 spiro atoms. The third-order valence-electron chi connectivity index (χ3n) is 3.38. The number of carbonyl (C=O) groups is 1. The summed E-state index contributed by atoms with van der Waals surface area (Å²) in [7, 11) is 1.54. The number of nitrogens with zero attached hydrogens (tertiary/aromatic N) is 1. The first kappa shape index (κ1) is 15.9. The third-order valence-corrected chi connectivity index (χ3v) is 3.38. The van der Waals surface area contributed by atoms with Gasteiger partial charge < -0.3 is 9.84 Å². The molecular weight excluding hydrogens is 278 g/mol. The van der Waals surface area contributed by atoms with Gasteiger partial charge in [0.1, 0.15) is 24.7 Å². The molecule has 2 rings (SSSR count). The summed E-state index contributed by atoms with van der Waals surface area (Å²) in [5.74, 6) is 0.409. The van der Waals surface area contributed by atoms with E-state index >= 15 is 0 Å².